The maximum Gasteiger partial charge on any atom is 0.122 e. The topological polar surface area (TPSA) is 47.1 Å². The molecule has 0 fully saturated rings. The molecular formula is C17H26N4. The van der Waals surface area contributed by atoms with Crippen molar-refractivity contribution in [1.29, 1.82) is 0 Å². The predicted octanol–water partition coefficient (Wildman–Crippen LogP) is 2.68. The van der Waals surface area contributed by atoms with Gasteiger partial charge in [-0.3, -0.25) is 4.90 Å². The van der Waals surface area contributed by atoms with Crippen molar-refractivity contribution >= 4 is 0 Å². The first-order chi connectivity index (χ1) is 10.0. The average molecular weight is 286 g/mol. The summed E-state index contributed by atoms with van der Waals surface area (Å²) in [5.74, 6) is 1.61. The van der Waals surface area contributed by atoms with Crippen LogP contribution in [0.1, 0.15) is 42.8 Å². The molecule has 1 unspecified atom stereocenters. The standard InChI is InChI=1S/C17H26N4/c1-13(2)14-5-7-15(8-6-14)16(11-18)21(4)12-17-19-9-10-20(17)3/h5-10,13,16H,11-12,18H2,1-4H3. The first kappa shape index (κ1) is 15.7. The molecule has 2 rings (SSSR count). The third-order valence-electron chi connectivity index (χ3n) is 4.06. The van der Waals surface area contributed by atoms with Gasteiger partial charge in [-0.05, 0) is 24.1 Å². The van der Waals surface area contributed by atoms with Crippen LogP contribution in [0.25, 0.3) is 0 Å². The maximum atomic E-state index is 6.00. The molecule has 0 radical (unpaired) electrons. The fourth-order valence-corrected chi connectivity index (χ4v) is 2.56. The van der Waals surface area contributed by atoms with Crippen molar-refractivity contribution < 1.29 is 0 Å². The zero-order valence-corrected chi connectivity index (χ0v) is 13.5. The van der Waals surface area contributed by atoms with E-state index in [1.54, 1.807) is 0 Å². The van der Waals surface area contributed by atoms with Crippen LogP contribution in [0.2, 0.25) is 0 Å². The number of aromatic nitrogens is 2. The van der Waals surface area contributed by atoms with Crippen LogP contribution < -0.4 is 5.73 Å². The monoisotopic (exact) mass is 286 g/mol. The molecule has 0 aliphatic heterocycles. The molecule has 21 heavy (non-hydrogen) atoms. The zero-order valence-electron chi connectivity index (χ0n) is 13.5. The predicted molar refractivity (Wildman–Crippen MR) is 87.0 cm³/mol. The molecule has 2 aromatic rings. The summed E-state index contributed by atoms with van der Waals surface area (Å²) in [6.07, 6.45) is 3.80. The van der Waals surface area contributed by atoms with Crippen LogP contribution in [-0.2, 0) is 13.6 Å². The molecule has 0 spiro atoms. The van der Waals surface area contributed by atoms with Crippen LogP contribution in [0, 0.1) is 0 Å². The van der Waals surface area contributed by atoms with Gasteiger partial charge in [0.15, 0.2) is 0 Å². The van der Waals surface area contributed by atoms with Crippen molar-refractivity contribution in [3.05, 3.63) is 53.6 Å². The molecule has 0 amide bonds. The van der Waals surface area contributed by atoms with E-state index in [2.05, 4.69) is 55.0 Å². The van der Waals surface area contributed by atoms with Gasteiger partial charge in [0.25, 0.3) is 0 Å². The highest BCUT2D eigenvalue weighted by Gasteiger charge is 2.17. The Morgan fingerprint density at radius 3 is 2.29 bits per heavy atom. The smallest absolute Gasteiger partial charge is 0.122 e. The molecule has 2 N–H and O–H groups in total. The molecule has 1 atom stereocenters. The van der Waals surface area contributed by atoms with Crippen LogP contribution in [-0.4, -0.2) is 28.0 Å². The van der Waals surface area contributed by atoms with Crippen LogP contribution in [0.15, 0.2) is 36.7 Å². The Morgan fingerprint density at radius 2 is 1.81 bits per heavy atom. The summed E-state index contributed by atoms with van der Waals surface area (Å²) in [7, 11) is 4.12. The number of nitrogens with zero attached hydrogens (tertiary/aromatic N) is 3. The summed E-state index contributed by atoms with van der Waals surface area (Å²) in [5.41, 5.74) is 8.63. The van der Waals surface area contributed by atoms with Crippen molar-refractivity contribution in [2.75, 3.05) is 13.6 Å². The van der Waals surface area contributed by atoms with Gasteiger partial charge in [0.1, 0.15) is 5.82 Å². The summed E-state index contributed by atoms with van der Waals surface area (Å²) in [4.78, 5) is 6.64. The summed E-state index contributed by atoms with van der Waals surface area (Å²) in [6.45, 7) is 5.81. The lowest BCUT2D eigenvalue weighted by atomic mass is 9.98. The molecule has 114 valence electrons. The average Bonchev–Trinajstić information content (AvgIpc) is 2.85. The van der Waals surface area contributed by atoms with E-state index in [-0.39, 0.29) is 6.04 Å². The Morgan fingerprint density at radius 1 is 1.19 bits per heavy atom. The second-order valence-electron chi connectivity index (χ2n) is 5.94. The minimum atomic E-state index is 0.211. The normalized spacial score (nSPS) is 13.1. The van der Waals surface area contributed by atoms with E-state index < -0.39 is 0 Å². The number of hydrogen-bond donors (Lipinski definition) is 1. The molecule has 1 aromatic carbocycles. The van der Waals surface area contributed by atoms with Crippen LogP contribution >= 0.6 is 0 Å². The lowest BCUT2D eigenvalue weighted by Crippen LogP contribution is -2.31. The zero-order chi connectivity index (χ0) is 15.4. The highest BCUT2D eigenvalue weighted by atomic mass is 15.2. The Labute approximate surface area is 127 Å². The van der Waals surface area contributed by atoms with Gasteiger partial charge in [-0.25, -0.2) is 4.98 Å². The molecule has 4 heteroatoms. The number of nitrogens with two attached hydrogens (primary N) is 1. The van der Waals surface area contributed by atoms with Crippen molar-refractivity contribution in [2.24, 2.45) is 12.8 Å². The highest BCUT2D eigenvalue weighted by Crippen LogP contribution is 2.22. The van der Waals surface area contributed by atoms with Gasteiger partial charge in [0.2, 0.25) is 0 Å². The van der Waals surface area contributed by atoms with Crippen LogP contribution in [0.4, 0.5) is 0 Å². The Bertz CT molecular complexity index is 556. The van der Waals surface area contributed by atoms with Gasteiger partial charge in [-0.1, -0.05) is 38.1 Å². The van der Waals surface area contributed by atoms with E-state index in [1.165, 1.54) is 11.1 Å². The summed E-state index contributed by atoms with van der Waals surface area (Å²) < 4.78 is 2.05. The number of likely N-dealkylation sites (N-methyl/N-ethyl adjacent to an activating group) is 1. The van der Waals surface area contributed by atoms with Crippen LogP contribution in [0.5, 0.6) is 0 Å². The van der Waals surface area contributed by atoms with Crippen molar-refractivity contribution in [3.8, 4) is 0 Å². The molecule has 0 aliphatic rings. The minimum Gasteiger partial charge on any atom is -0.337 e. The maximum absolute atomic E-state index is 6.00. The number of benzene rings is 1. The number of aryl methyl sites for hydroxylation is 1. The van der Waals surface area contributed by atoms with Crippen molar-refractivity contribution in [2.45, 2.75) is 32.4 Å². The number of rotatable bonds is 6. The lowest BCUT2D eigenvalue weighted by molar-refractivity contribution is 0.234. The Hall–Kier alpha value is -1.65. The summed E-state index contributed by atoms with van der Waals surface area (Å²) >= 11 is 0. The first-order valence-corrected chi connectivity index (χ1v) is 7.49. The Balaban J connectivity index is 2.13. The molecule has 0 saturated heterocycles. The second kappa shape index (κ2) is 6.87. The van der Waals surface area contributed by atoms with Gasteiger partial charge in [-0.15, -0.1) is 0 Å². The lowest BCUT2D eigenvalue weighted by Gasteiger charge is -2.27. The van der Waals surface area contributed by atoms with E-state index >= 15 is 0 Å². The van der Waals surface area contributed by atoms with Crippen LogP contribution in [0.3, 0.4) is 0 Å². The molecular weight excluding hydrogens is 260 g/mol. The molecule has 0 saturated carbocycles. The fourth-order valence-electron chi connectivity index (χ4n) is 2.56. The third kappa shape index (κ3) is 3.71. The fraction of sp³-hybridized carbons (Fsp3) is 0.471. The quantitative estimate of drug-likeness (QED) is 0.888. The van der Waals surface area contributed by atoms with E-state index in [4.69, 9.17) is 5.73 Å². The second-order valence-corrected chi connectivity index (χ2v) is 5.94. The van der Waals surface area contributed by atoms with E-state index in [1.807, 2.05) is 24.0 Å². The Kier molecular flexibility index (Phi) is 5.15. The SMILES string of the molecule is CC(C)c1ccc(C(CN)N(C)Cc2nccn2C)cc1. The van der Waals surface area contributed by atoms with Gasteiger partial charge in [0, 0.05) is 32.0 Å². The van der Waals surface area contributed by atoms with Gasteiger partial charge >= 0.3 is 0 Å². The van der Waals surface area contributed by atoms with E-state index in [0.29, 0.717) is 12.5 Å². The molecule has 0 bridgehead atoms. The largest absolute Gasteiger partial charge is 0.337 e. The molecule has 1 aromatic heterocycles. The van der Waals surface area contributed by atoms with E-state index in [9.17, 15) is 0 Å². The molecule has 1 heterocycles. The highest BCUT2D eigenvalue weighted by molar-refractivity contribution is 5.27. The number of imidazole rings is 1. The number of hydrogen-bond acceptors (Lipinski definition) is 3. The summed E-state index contributed by atoms with van der Waals surface area (Å²) in [5, 5.41) is 0. The van der Waals surface area contributed by atoms with Crippen molar-refractivity contribution in [3.63, 3.8) is 0 Å². The van der Waals surface area contributed by atoms with Gasteiger partial charge < -0.3 is 10.3 Å². The van der Waals surface area contributed by atoms with Gasteiger partial charge in [-0.2, -0.15) is 0 Å². The van der Waals surface area contributed by atoms with E-state index in [0.717, 1.165) is 12.4 Å². The van der Waals surface area contributed by atoms with Crippen molar-refractivity contribution in [1.82, 2.24) is 14.5 Å². The molecule has 0 aliphatic carbocycles. The van der Waals surface area contributed by atoms with Gasteiger partial charge in [0.05, 0.1) is 6.54 Å². The minimum absolute atomic E-state index is 0.211. The third-order valence-corrected chi connectivity index (χ3v) is 4.06. The molecule has 4 nitrogen and oxygen atoms in total. The first-order valence-electron chi connectivity index (χ1n) is 7.49. The summed E-state index contributed by atoms with van der Waals surface area (Å²) in [6, 6.07) is 9.01.